The summed E-state index contributed by atoms with van der Waals surface area (Å²) in [5.74, 6) is -1.04. The lowest BCUT2D eigenvalue weighted by Crippen LogP contribution is -2.37. The maximum Gasteiger partial charge on any atom is 0.254 e. The van der Waals surface area contributed by atoms with E-state index < -0.39 is 5.91 Å². The molecule has 0 aliphatic heterocycles. The van der Waals surface area contributed by atoms with Crippen LogP contribution in [0.2, 0.25) is 0 Å². The molecule has 2 heterocycles. The first-order valence-electron chi connectivity index (χ1n) is 10.1. The molecule has 31 heavy (non-hydrogen) atoms. The average Bonchev–Trinajstić information content (AvgIpc) is 3.17. The number of benzene rings is 1. The summed E-state index contributed by atoms with van der Waals surface area (Å²) < 4.78 is 1.56. The Balaban J connectivity index is 1.48. The van der Waals surface area contributed by atoms with Gasteiger partial charge < -0.3 is 16.4 Å². The van der Waals surface area contributed by atoms with Crippen molar-refractivity contribution < 1.29 is 14.4 Å². The standard InChI is InChI=1S/C22H26N6O3/c1-14-17(15(2)28-22(27-14)18(12-26-28)21(23)31)8-9-19(29)25-13-20(30)24-11-10-16-6-4-3-5-7-16/h3-7,12H,8-11,13H2,1-2H3,(H2,23,31)(H,24,30)(H,25,29). The van der Waals surface area contributed by atoms with Gasteiger partial charge >= 0.3 is 0 Å². The van der Waals surface area contributed by atoms with Crippen LogP contribution in [0.3, 0.4) is 0 Å². The number of aryl methyl sites for hydroxylation is 2. The number of aromatic nitrogens is 3. The van der Waals surface area contributed by atoms with Crippen molar-refractivity contribution in [1.29, 1.82) is 0 Å². The van der Waals surface area contributed by atoms with Gasteiger partial charge in [-0.1, -0.05) is 30.3 Å². The molecule has 9 nitrogen and oxygen atoms in total. The monoisotopic (exact) mass is 422 g/mol. The number of primary amides is 1. The van der Waals surface area contributed by atoms with Gasteiger partial charge in [0.25, 0.3) is 5.91 Å². The van der Waals surface area contributed by atoms with Crippen molar-refractivity contribution in [2.24, 2.45) is 5.73 Å². The van der Waals surface area contributed by atoms with Gasteiger partial charge in [0.2, 0.25) is 11.8 Å². The van der Waals surface area contributed by atoms with E-state index in [1.54, 1.807) is 4.52 Å². The highest BCUT2D eigenvalue weighted by Crippen LogP contribution is 2.18. The van der Waals surface area contributed by atoms with E-state index >= 15 is 0 Å². The Morgan fingerprint density at radius 3 is 2.48 bits per heavy atom. The van der Waals surface area contributed by atoms with E-state index in [0.717, 1.165) is 23.2 Å². The summed E-state index contributed by atoms with van der Waals surface area (Å²) in [7, 11) is 0. The normalized spacial score (nSPS) is 10.8. The minimum Gasteiger partial charge on any atom is -0.365 e. The van der Waals surface area contributed by atoms with Gasteiger partial charge in [0, 0.05) is 24.4 Å². The summed E-state index contributed by atoms with van der Waals surface area (Å²) in [5.41, 5.74) is 9.54. The van der Waals surface area contributed by atoms with Gasteiger partial charge in [-0.25, -0.2) is 9.50 Å². The zero-order valence-corrected chi connectivity index (χ0v) is 17.6. The van der Waals surface area contributed by atoms with Crippen molar-refractivity contribution in [2.75, 3.05) is 13.1 Å². The lowest BCUT2D eigenvalue weighted by atomic mass is 10.1. The molecule has 0 bridgehead atoms. The fourth-order valence-corrected chi connectivity index (χ4v) is 3.41. The largest absolute Gasteiger partial charge is 0.365 e. The second kappa shape index (κ2) is 9.84. The Morgan fingerprint density at radius 1 is 1.03 bits per heavy atom. The number of carbonyl (C=O) groups excluding carboxylic acids is 3. The van der Waals surface area contributed by atoms with E-state index in [0.29, 0.717) is 24.3 Å². The van der Waals surface area contributed by atoms with Crippen LogP contribution in [-0.4, -0.2) is 45.4 Å². The number of rotatable bonds is 9. The van der Waals surface area contributed by atoms with Crippen molar-refractivity contribution in [3.8, 4) is 0 Å². The number of nitrogens with one attached hydrogen (secondary N) is 2. The number of fused-ring (bicyclic) bond motifs is 1. The van der Waals surface area contributed by atoms with Crippen LogP contribution in [0, 0.1) is 13.8 Å². The highest BCUT2D eigenvalue weighted by atomic mass is 16.2. The number of nitrogens with zero attached hydrogens (tertiary/aromatic N) is 3. The van der Waals surface area contributed by atoms with Gasteiger partial charge in [0.15, 0.2) is 5.65 Å². The molecule has 0 saturated heterocycles. The highest BCUT2D eigenvalue weighted by molar-refractivity contribution is 5.98. The molecule has 0 saturated carbocycles. The molecule has 4 N–H and O–H groups in total. The van der Waals surface area contributed by atoms with Crippen molar-refractivity contribution in [1.82, 2.24) is 25.2 Å². The fourth-order valence-electron chi connectivity index (χ4n) is 3.41. The molecule has 0 atom stereocenters. The summed E-state index contributed by atoms with van der Waals surface area (Å²) in [5, 5.41) is 9.62. The minimum absolute atomic E-state index is 0.0655. The Labute approximate surface area is 180 Å². The maximum absolute atomic E-state index is 12.2. The number of carbonyl (C=O) groups is 3. The molecular weight excluding hydrogens is 396 g/mol. The molecule has 1 aromatic carbocycles. The van der Waals surface area contributed by atoms with Crippen LogP contribution in [0.4, 0.5) is 0 Å². The van der Waals surface area contributed by atoms with Crippen LogP contribution < -0.4 is 16.4 Å². The molecule has 9 heteroatoms. The first kappa shape index (κ1) is 21.9. The third-order valence-electron chi connectivity index (χ3n) is 5.10. The molecule has 3 aromatic rings. The van der Waals surface area contributed by atoms with E-state index in [9.17, 15) is 14.4 Å². The molecule has 2 aromatic heterocycles. The third-order valence-corrected chi connectivity index (χ3v) is 5.10. The topological polar surface area (TPSA) is 131 Å². The van der Waals surface area contributed by atoms with E-state index in [2.05, 4.69) is 20.7 Å². The summed E-state index contributed by atoms with van der Waals surface area (Å²) in [6, 6.07) is 9.86. The second-order valence-corrected chi connectivity index (χ2v) is 7.28. The first-order valence-corrected chi connectivity index (χ1v) is 10.1. The lowest BCUT2D eigenvalue weighted by Gasteiger charge is -2.11. The van der Waals surface area contributed by atoms with Crippen LogP contribution in [-0.2, 0) is 22.4 Å². The van der Waals surface area contributed by atoms with Gasteiger partial charge in [-0.15, -0.1) is 0 Å². The molecule has 3 rings (SSSR count). The molecular formula is C22H26N6O3. The Kier molecular flexibility index (Phi) is 6.96. The van der Waals surface area contributed by atoms with Crippen molar-refractivity contribution in [2.45, 2.75) is 33.1 Å². The molecule has 0 spiro atoms. The molecule has 0 radical (unpaired) electrons. The van der Waals surface area contributed by atoms with E-state index in [4.69, 9.17) is 5.73 Å². The Bertz CT molecular complexity index is 1110. The number of nitrogens with two attached hydrogens (primary N) is 1. The van der Waals surface area contributed by atoms with Crippen LogP contribution in [0.5, 0.6) is 0 Å². The van der Waals surface area contributed by atoms with Gasteiger partial charge in [-0.05, 0) is 37.8 Å². The average molecular weight is 422 g/mol. The Hall–Kier alpha value is -3.75. The SMILES string of the molecule is Cc1nc2c(C(N)=O)cnn2c(C)c1CCC(=O)NCC(=O)NCCc1ccccc1. The number of hydrogen-bond donors (Lipinski definition) is 3. The molecule has 3 amide bonds. The smallest absolute Gasteiger partial charge is 0.254 e. The van der Waals surface area contributed by atoms with Gasteiger partial charge in [-0.2, -0.15) is 5.10 Å². The van der Waals surface area contributed by atoms with Crippen LogP contribution in [0.1, 0.15) is 39.3 Å². The van der Waals surface area contributed by atoms with Crippen LogP contribution in [0.15, 0.2) is 36.5 Å². The predicted molar refractivity (Wildman–Crippen MR) is 115 cm³/mol. The summed E-state index contributed by atoms with van der Waals surface area (Å²) >= 11 is 0. The molecule has 0 fully saturated rings. The van der Waals surface area contributed by atoms with Crippen LogP contribution in [0.25, 0.3) is 5.65 Å². The summed E-state index contributed by atoms with van der Waals surface area (Å²) in [6.07, 6.45) is 2.77. The van der Waals surface area contributed by atoms with Crippen LogP contribution >= 0.6 is 0 Å². The minimum atomic E-state index is -0.588. The summed E-state index contributed by atoms with van der Waals surface area (Å²) in [4.78, 5) is 40.1. The maximum atomic E-state index is 12.2. The van der Waals surface area contributed by atoms with Crippen molar-refractivity contribution in [3.63, 3.8) is 0 Å². The molecule has 0 aliphatic rings. The second-order valence-electron chi connectivity index (χ2n) is 7.28. The molecule has 0 aliphatic carbocycles. The predicted octanol–water partition coefficient (Wildman–Crippen LogP) is 0.853. The summed E-state index contributed by atoms with van der Waals surface area (Å²) in [6.45, 7) is 4.12. The molecule has 162 valence electrons. The first-order chi connectivity index (χ1) is 14.9. The zero-order valence-electron chi connectivity index (χ0n) is 17.6. The van der Waals surface area contributed by atoms with E-state index in [-0.39, 0.29) is 30.3 Å². The number of hydrogen-bond acceptors (Lipinski definition) is 5. The quantitative estimate of drug-likeness (QED) is 0.470. The third kappa shape index (κ3) is 5.44. The highest BCUT2D eigenvalue weighted by Gasteiger charge is 2.17. The Morgan fingerprint density at radius 2 is 1.77 bits per heavy atom. The zero-order chi connectivity index (χ0) is 22.4. The lowest BCUT2D eigenvalue weighted by molar-refractivity contribution is -0.126. The van der Waals surface area contributed by atoms with Crippen molar-refractivity contribution in [3.05, 3.63) is 64.6 Å². The molecule has 0 unspecified atom stereocenters. The van der Waals surface area contributed by atoms with Gasteiger partial charge in [0.05, 0.1) is 12.7 Å². The number of amides is 3. The van der Waals surface area contributed by atoms with E-state index in [1.165, 1.54) is 6.20 Å². The fraction of sp³-hybridized carbons (Fsp3) is 0.318. The van der Waals surface area contributed by atoms with E-state index in [1.807, 2.05) is 44.2 Å². The van der Waals surface area contributed by atoms with Gasteiger partial charge in [0.1, 0.15) is 5.56 Å². The van der Waals surface area contributed by atoms with Crippen molar-refractivity contribution >= 4 is 23.4 Å². The van der Waals surface area contributed by atoms with Gasteiger partial charge in [-0.3, -0.25) is 14.4 Å².